The van der Waals surface area contributed by atoms with E-state index in [1.165, 1.54) is 0 Å². The zero-order chi connectivity index (χ0) is 15.3. The summed E-state index contributed by atoms with van der Waals surface area (Å²) in [6, 6.07) is 1.26. The Morgan fingerprint density at radius 2 is 2.05 bits per heavy atom. The van der Waals surface area contributed by atoms with Crippen molar-refractivity contribution in [1.29, 1.82) is 0 Å². The number of carbonyl (C=O) groups is 1. The Kier molecular flexibility index (Phi) is 5.32. The zero-order valence-corrected chi connectivity index (χ0v) is 11.0. The molecule has 0 fully saturated rings. The number of aliphatic hydroxyl groups is 1. The smallest absolute Gasteiger partial charge is 0.391 e. The van der Waals surface area contributed by atoms with Gasteiger partial charge in [-0.2, -0.15) is 13.2 Å². The van der Waals surface area contributed by atoms with E-state index in [4.69, 9.17) is 0 Å². The van der Waals surface area contributed by atoms with Gasteiger partial charge in [-0.3, -0.25) is 0 Å². The maximum absolute atomic E-state index is 12.3. The molecule has 5 nitrogen and oxygen atoms in total. The standard InChI is InChI=1S/C12H16F3N3O2/c1-7(2)9(19)6-17-11(20)18-8-3-4-10(16-5-8)12(13,14)15/h3-5,7,9,19H,6H2,1-2H3,(H2,17,18,20). The average Bonchev–Trinajstić information content (AvgIpc) is 2.35. The van der Waals surface area contributed by atoms with Gasteiger partial charge >= 0.3 is 12.2 Å². The fraction of sp³-hybridized carbons (Fsp3) is 0.500. The summed E-state index contributed by atoms with van der Waals surface area (Å²) in [4.78, 5) is 14.6. The Labute approximate surface area is 114 Å². The molecule has 1 aromatic heterocycles. The van der Waals surface area contributed by atoms with Crippen LogP contribution in [0.2, 0.25) is 0 Å². The molecule has 0 aliphatic heterocycles. The number of urea groups is 1. The summed E-state index contributed by atoms with van der Waals surface area (Å²) in [7, 11) is 0. The van der Waals surface area contributed by atoms with E-state index < -0.39 is 24.0 Å². The number of alkyl halides is 3. The number of pyridine rings is 1. The van der Waals surface area contributed by atoms with Crippen LogP contribution in [0.1, 0.15) is 19.5 Å². The van der Waals surface area contributed by atoms with E-state index in [2.05, 4.69) is 15.6 Å². The second-order valence-corrected chi connectivity index (χ2v) is 4.58. The molecule has 0 aromatic carbocycles. The monoisotopic (exact) mass is 291 g/mol. The molecule has 112 valence electrons. The lowest BCUT2D eigenvalue weighted by Crippen LogP contribution is -2.37. The van der Waals surface area contributed by atoms with Crippen LogP contribution in [0.15, 0.2) is 18.3 Å². The third kappa shape index (κ3) is 5.04. The predicted octanol–water partition coefficient (Wildman–Crippen LogP) is 2.24. The number of amides is 2. The summed E-state index contributed by atoms with van der Waals surface area (Å²) >= 11 is 0. The van der Waals surface area contributed by atoms with Crippen molar-refractivity contribution in [2.75, 3.05) is 11.9 Å². The molecule has 1 unspecified atom stereocenters. The van der Waals surface area contributed by atoms with Crippen molar-refractivity contribution in [3.8, 4) is 0 Å². The van der Waals surface area contributed by atoms with Gasteiger partial charge in [0, 0.05) is 6.54 Å². The van der Waals surface area contributed by atoms with E-state index >= 15 is 0 Å². The molecule has 0 spiro atoms. The number of hydrogen-bond donors (Lipinski definition) is 3. The number of carbonyl (C=O) groups excluding carboxylic acids is 1. The van der Waals surface area contributed by atoms with Crippen molar-refractivity contribution in [2.45, 2.75) is 26.1 Å². The Bertz CT molecular complexity index is 446. The van der Waals surface area contributed by atoms with E-state index in [0.29, 0.717) is 0 Å². The number of aromatic nitrogens is 1. The number of aliphatic hydroxyl groups excluding tert-OH is 1. The summed E-state index contributed by atoms with van der Waals surface area (Å²) in [5, 5.41) is 14.2. The Morgan fingerprint density at radius 1 is 1.40 bits per heavy atom. The lowest BCUT2D eigenvalue weighted by Gasteiger charge is -2.15. The van der Waals surface area contributed by atoms with Crippen LogP contribution in [0, 0.1) is 5.92 Å². The minimum absolute atomic E-state index is 0.0111. The highest BCUT2D eigenvalue weighted by Gasteiger charge is 2.32. The van der Waals surface area contributed by atoms with Crippen LogP contribution in [0.25, 0.3) is 0 Å². The molecule has 0 radical (unpaired) electrons. The van der Waals surface area contributed by atoms with Gasteiger partial charge in [0.1, 0.15) is 5.69 Å². The highest BCUT2D eigenvalue weighted by molar-refractivity contribution is 5.88. The summed E-state index contributed by atoms with van der Waals surface area (Å²) < 4.78 is 36.8. The van der Waals surface area contributed by atoms with Crippen molar-refractivity contribution in [1.82, 2.24) is 10.3 Å². The minimum Gasteiger partial charge on any atom is -0.391 e. The van der Waals surface area contributed by atoms with E-state index in [9.17, 15) is 23.1 Å². The van der Waals surface area contributed by atoms with Gasteiger partial charge in [0.05, 0.1) is 18.0 Å². The lowest BCUT2D eigenvalue weighted by atomic mass is 10.1. The molecule has 1 aromatic rings. The number of halogens is 3. The van der Waals surface area contributed by atoms with Gasteiger partial charge < -0.3 is 15.7 Å². The lowest BCUT2D eigenvalue weighted by molar-refractivity contribution is -0.141. The molecule has 8 heteroatoms. The maximum Gasteiger partial charge on any atom is 0.433 e. The van der Waals surface area contributed by atoms with Crippen LogP contribution in [0.3, 0.4) is 0 Å². The number of anilines is 1. The average molecular weight is 291 g/mol. The molecule has 2 amide bonds. The van der Waals surface area contributed by atoms with Crippen LogP contribution < -0.4 is 10.6 Å². The molecule has 0 aliphatic carbocycles. The molecule has 3 N–H and O–H groups in total. The van der Waals surface area contributed by atoms with Crippen molar-refractivity contribution >= 4 is 11.7 Å². The van der Waals surface area contributed by atoms with Crippen LogP contribution in [-0.4, -0.2) is 28.8 Å². The molecular weight excluding hydrogens is 275 g/mol. The first kappa shape index (κ1) is 16.2. The van der Waals surface area contributed by atoms with E-state index in [0.717, 1.165) is 18.3 Å². The number of nitrogens with zero attached hydrogens (tertiary/aromatic N) is 1. The van der Waals surface area contributed by atoms with E-state index in [-0.39, 0.29) is 18.2 Å². The van der Waals surface area contributed by atoms with Crippen LogP contribution in [0.5, 0.6) is 0 Å². The Hall–Kier alpha value is -1.83. The summed E-state index contributed by atoms with van der Waals surface area (Å²) in [5.74, 6) is -0.0111. The first-order valence-corrected chi connectivity index (χ1v) is 5.96. The van der Waals surface area contributed by atoms with Gasteiger partial charge in [0.15, 0.2) is 0 Å². The van der Waals surface area contributed by atoms with Crippen LogP contribution >= 0.6 is 0 Å². The summed E-state index contributed by atoms with van der Waals surface area (Å²) in [6.07, 6.45) is -4.28. The van der Waals surface area contributed by atoms with Crippen molar-refractivity contribution in [2.24, 2.45) is 5.92 Å². The molecule has 20 heavy (non-hydrogen) atoms. The Morgan fingerprint density at radius 3 is 2.50 bits per heavy atom. The molecular formula is C12H16F3N3O2. The van der Waals surface area contributed by atoms with Gasteiger partial charge in [0.2, 0.25) is 0 Å². The molecule has 0 saturated carbocycles. The number of nitrogens with one attached hydrogen (secondary N) is 2. The van der Waals surface area contributed by atoms with Crippen LogP contribution in [-0.2, 0) is 6.18 Å². The zero-order valence-electron chi connectivity index (χ0n) is 11.0. The van der Waals surface area contributed by atoms with Gasteiger partial charge in [0.25, 0.3) is 0 Å². The topological polar surface area (TPSA) is 74.2 Å². The second kappa shape index (κ2) is 6.56. The fourth-order valence-electron chi connectivity index (χ4n) is 1.24. The van der Waals surface area contributed by atoms with E-state index in [1.54, 1.807) is 13.8 Å². The number of rotatable bonds is 4. The fourth-order valence-corrected chi connectivity index (χ4v) is 1.24. The molecule has 1 heterocycles. The molecule has 1 atom stereocenters. The number of hydrogen-bond acceptors (Lipinski definition) is 3. The molecule has 0 bridgehead atoms. The normalized spacial score (nSPS) is 13.2. The SMILES string of the molecule is CC(C)C(O)CNC(=O)Nc1ccc(C(F)(F)F)nc1. The van der Waals surface area contributed by atoms with Gasteiger partial charge in [-0.1, -0.05) is 13.8 Å². The highest BCUT2D eigenvalue weighted by atomic mass is 19.4. The minimum atomic E-state index is -4.51. The predicted molar refractivity (Wildman–Crippen MR) is 67.1 cm³/mol. The second-order valence-electron chi connectivity index (χ2n) is 4.58. The quantitative estimate of drug-likeness (QED) is 0.796. The highest BCUT2D eigenvalue weighted by Crippen LogP contribution is 2.27. The first-order chi connectivity index (χ1) is 9.20. The summed E-state index contributed by atoms with van der Waals surface area (Å²) in [5.41, 5.74) is -0.895. The van der Waals surface area contributed by atoms with Gasteiger partial charge in [-0.25, -0.2) is 9.78 Å². The Balaban J connectivity index is 2.51. The third-order valence-electron chi connectivity index (χ3n) is 2.55. The largest absolute Gasteiger partial charge is 0.433 e. The van der Waals surface area contributed by atoms with Crippen molar-refractivity contribution in [3.63, 3.8) is 0 Å². The van der Waals surface area contributed by atoms with Crippen LogP contribution in [0.4, 0.5) is 23.7 Å². The maximum atomic E-state index is 12.3. The third-order valence-corrected chi connectivity index (χ3v) is 2.55. The first-order valence-electron chi connectivity index (χ1n) is 5.96. The summed E-state index contributed by atoms with van der Waals surface area (Å²) in [6.45, 7) is 3.64. The van der Waals surface area contributed by atoms with Gasteiger partial charge in [-0.05, 0) is 18.1 Å². The van der Waals surface area contributed by atoms with Crippen molar-refractivity contribution < 1.29 is 23.1 Å². The molecule has 0 aliphatic rings. The molecule has 1 rings (SSSR count). The van der Waals surface area contributed by atoms with Gasteiger partial charge in [-0.15, -0.1) is 0 Å². The molecule has 0 saturated heterocycles. The van der Waals surface area contributed by atoms with Crippen molar-refractivity contribution in [3.05, 3.63) is 24.0 Å². The van der Waals surface area contributed by atoms with E-state index in [1.807, 2.05) is 0 Å².